The Morgan fingerprint density at radius 1 is 1.31 bits per heavy atom. The van der Waals surface area contributed by atoms with Crippen molar-refractivity contribution in [2.24, 2.45) is 5.92 Å². The fourth-order valence-corrected chi connectivity index (χ4v) is 5.73. The van der Waals surface area contributed by atoms with Crippen LogP contribution in [0.2, 0.25) is 5.02 Å². The molecule has 0 heterocycles. The number of carbonyl (C=O) groups is 3. The average Bonchev–Trinajstić information content (AvgIpc) is 2.74. The van der Waals surface area contributed by atoms with Gasteiger partial charge in [0, 0.05) is 6.42 Å². The lowest BCUT2D eigenvalue weighted by Gasteiger charge is -2.31. The Kier molecular flexibility index (Phi) is 8.80. The van der Waals surface area contributed by atoms with Gasteiger partial charge in [0.2, 0.25) is 15.9 Å². The zero-order chi connectivity index (χ0) is 24.1. The Hall–Kier alpha value is -2.46. The van der Waals surface area contributed by atoms with E-state index < -0.39 is 51.3 Å². The van der Waals surface area contributed by atoms with E-state index in [0.717, 1.165) is 25.3 Å². The third-order valence-electron chi connectivity index (χ3n) is 4.95. The number of esters is 2. The van der Waals surface area contributed by atoms with Crippen molar-refractivity contribution in [2.45, 2.75) is 44.8 Å². The quantitative estimate of drug-likeness (QED) is 0.515. The molecular formula is C21H25ClFNO7S. The molecule has 0 radical (unpaired) electrons. The van der Waals surface area contributed by atoms with E-state index in [1.807, 2.05) is 0 Å². The van der Waals surface area contributed by atoms with Gasteiger partial charge in [0.25, 0.3) is 0 Å². The number of halogens is 2. The maximum atomic E-state index is 13.7. The molecule has 0 aromatic heterocycles. The van der Waals surface area contributed by atoms with E-state index in [-0.39, 0.29) is 29.3 Å². The number of ether oxygens (including phenoxy) is 2. The van der Waals surface area contributed by atoms with Crippen LogP contribution in [0, 0.1) is 11.7 Å². The molecule has 0 saturated heterocycles. The number of allylic oxidation sites excluding steroid dienone is 1. The topological polar surface area (TPSA) is 107 Å². The van der Waals surface area contributed by atoms with Gasteiger partial charge in [-0.2, -0.15) is 0 Å². The van der Waals surface area contributed by atoms with Crippen molar-refractivity contribution >= 4 is 45.2 Å². The largest absolute Gasteiger partial charge is 0.469 e. The van der Waals surface area contributed by atoms with E-state index in [1.54, 1.807) is 6.92 Å². The molecule has 1 unspecified atom stereocenters. The Bertz CT molecular complexity index is 1020. The number of hydrogen-bond donors (Lipinski definition) is 0. The van der Waals surface area contributed by atoms with Crippen molar-refractivity contribution in [1.82, 2.24) is 0 Å². The molecular weight excluding hydrogens is 465 g/mol. The Balaban J connectivity index is 2.58. The molecule has 32 heavy (non-hydrogen) atoms. The third-order valence-corrected chi connectivity index (χ3v) is 7.37. The number of nitrogens with zero attached hydrogens (tertiary/aromatic N) is 1. The molecule has 1 aliphatic rings. The number of anilines is 1. The normalized spacial score (nSPS) is 17.2. The van der Waals surface area contributed by atoms with Crippen LogP contribution in [-0.4, -0.2) is 45.2 Å². The molecule has 11 heteroatoms. The second-order valence-corrected chi connectivity index (χ2v) is 9.60. The monoisotopic (exact) mass is 489 g/mol. The van der Waals surface area contributed by atoms with E-state index >= 15 is 0 Å². The van der Waals surface area contributed by atoms with Gasteiger partial charge in [-0.15, -0.1) is 0 Å². The van der Waals surface area contributed by atoms with Crippen molar-refractivity contribution in [3.63, 3.8) is 0 Å². The van der Waals surface area contributed by atoms with E-state index in [4.69, 9.17) is 16.3 Å². The van der Waals surface area contributed by atoms with Crippen molar-refractivity contribution in [3.05, 3.63) is 40.7 Å². The fourth-order valence-electron chi connectivity index (χ4n) is 3.40. The van der Waals surface area contributed by atoms with Gasteiger partial charge in [0.1, 0.15) is 11.1 Å². The first-order valence-electron chi connectivity index (χ1n) is 10.0. The van der Waals surface area contributed by atoms with Gasteiger partial charge in [-0.1, -0.05) is 24.6 Å². The van der Waals surface area contributed by atoms with Crippen LogP contribution in [0.4, 0.5) is 10.1 Å². The summed E-state index contributed by atoms with van der Waals surface area (Å²) in [6.45, 7) is 3.05. The van der Waals surface area contributed by atoms with E-state index in [0.29, 0.717) is 17.1 Å². The second kappa shape index (κ2) is 10.9. The molecule has 176 valence electrons. The predicted octanol–water partition coefficient (Wildman–Crippen LogP) is 3.38. The zero-order valence-electron chi connectivity index (χ0n) is 18.0. The average molecular weight is 490 g/mol. The Morgan fingerprint density at radius 2 is 2.00 bits per heavy atom. The van der Waals surface area contributed by atoms with Crippen LogP contribution in [0.3, 0.4) is 0 Å². The van der Waals surface area contributed by atoms with Gasteiger partial charge in [-0.05, 0) is 44.4 Å². The van der Waals surface area contributed by atoms with Gasteiger partial charge in [0.05, 0.1) is 35.9 Å². The van der Waals surface area contributed by atoms with Crippen LogP contribution in [-0.2, 0) is 33.9 Å². The van der Waals surface area contributed by atoms with Crippen LogP contribution in [0.25, 0.3) is 0 Å². The maximum Gasteiger partial charge on any atom is 0.335 e. The summed E-state index contributed by atoms with van der Waals surface area (Å²) >= 11 is 6.09. The van der Waals surface area contributed by atoms with Crippen LogP contribution >= 0.6 is 11.6 Å². The molecule has 0 saturated carbocycles. The highest BCUT2D eigenvalue weighted by Crippen LogP contribution is 2.35. The lowest BCUT2D eigenvalue weighted by Crippen LogP contribution is -2.46. The maximum absolute atomic E-state index is 13.7. The minimum Gasteiger partial charge on any atom is -0.469 e. The first-order valence-corrected chi connectivity index (χ1v) is 11.9. The summed E-state index contributed by atoms with van der Waals surface area (Å²) in [7, 11) is -3.40. The predicted molar refractivity (Wildman–Crippen MR) is 116 cm³/mol. The molecule has 0 bridgehead atoms. The fraction of sp³-hybridized carbons (Fsp3) is 0.476. The number of carbonyl (C=O) groups excluding carboxylic acids is 3. The number of benzene rings is 1. The van der Waals surface area contributed by atoms with Crippen LogP contribution < -0.4 is 4.31 Å². The summed E-state index contributed by atoms with van der Waals surface area (Å²) in [5.41, 5.74) is -0.348. The van der Waals surface area contributed by atoms with Crippen molar-refractivity contribution in [1.29, 1.82) is 0 Å². The van der Waals surface area contributed by atoms with Crippen LogP contribution in [0.5, 0.6) is 0 Å². The smallest absolute Gasteiger partial charge is 0.335 e. The lowest BCUT2D eigenvalue weighted by atomic mass is 9.99. The molecule has 0 fully saturated rings. The summed E-state index contributed by atoms with van der Waals surface area (Å²) in [5, 5.41) is -1.68. The number of amides is 1. The number of hydrogen-bond acceptors (Lipinski definition) is 7. The summed E-state index contributed by atoms with van der Waals surface area (Å²) < 4.78 is 51.1. The van der Waals surface area contributed by atoms with Crippen LogP contribution in [0.15, 0.2) is 29.8 Å². The Labute approximate surface area is 191 Å². The lowest BCUT2D eigenvalue weighted by molar-refractivity contribution is -0.146. The molecule has 1 aromatic carbocycles. The van der Waals surface area contributed by atoms with E-state index in [9.17, 15) is 27.2 Å². The third kappa shape index (κ3) is 5.66. The summed E-state index contributed by atoms with van der Waals surface area (Å²) in [6, 6.07) is 2.90. The number of sulfonamides is 1. The van der Waals surface area contributed by atoms with Crippen LogP contribution in [0.1, 0.15) is 39.5 Å². The molecule has 0 aliphatic heterocycles. The molecule has 1 aliphatic carbocycles. The molecule has 1 amide bonds. The molecule has 2 rings (SSSR count). The molecule has 2 atom stereocenters. The van der Waals surface area contributed by atoms with Gasteiger partial charge in [-0.3, -0.25) is 9.59 Å². The minimum absolute atomic E-state index is 0.0476. The summed E-state index contributed by atoms with van der Waals surface area (Å²) in [4.78, 5) is 37.4. The van der Waals surface area contributed by atoms with E-state index in [1.165, 1.54) is 13.0 Å². The zero-order valence-corrected chi connectivity index (χ0v) is 19.5. The highest BCUT2D eigenvalue weighted by molar-refractivity contribution is 7.94. The van der Waals surface area contributed by atoms with Gasteiger partial charge < -0.3 is 9.47 Å². The van der Waals surface area contributed by atoms with E-state index in [2.05, 4.69) is 4.74 Å². The molecule has 0 N–H and O–H groups in total. The number of rotatable bonds is 8. The van der Waals surface area contributed by atoms with Gasteiger partial charge in [0.15, 0.2) is 0 Å². The SMILES string of the molecule is CCOC(=O)C1=CCCC[C@H]1S(=O)(=O)N(C(=O)CC(C)C(=O)OC)c1ccc(F)cc1Cl. The van der Waals surface area contributed by atoms with Crippen molar-refractivity contribution < 1.29 is 36.7 Å². The van der Waals surface area contributed by atoms with Gasteiger partial charge in [-0.25, -0.2) is 21.9 Å². The Morgan fingerprint density at radius 3 is 2.59 bits per heavy atom. The highest BCUT2D eigenvalue weighted by atomic mass is 35.5. The standard InChI is InChI=1S/C21H25ClFNO7S/c1-4-31-21(27)15-7-5-6-8-18(15)32(28,29)24(17-10-9-14(23)12-16(17)22)19(25)11-13(2)20(26)30-3/h7,9-10,12-13,18H,4-6,8,11H2,1-3H3/t13?,18-/m1/s1. The second-order valence-electron chi connectivity index (χ2n) is 7.23. The molecule has 1 aromatic rings. The van der Waals surface area contributed by atoms with Gasteiger partial charge >= 0.3 is 11.9 Å². The first-order chi connectivity index (χ1) is 15.0. The summed E-state index contributed by atoms with van der Waals surface area (Å²) in [5.74, 6) is -4.13. The van der Waals surface area contributed by atoms with Crippen molar-refractivity contribution in [2.75, 3.05) is 18.0 Å². The molecule has 8 nitrogen and oxygen atoms in total. The highest BCUT2D eigenvalue weighted by Gasteiger charge is 2.43. The number of methoxy groups -OCH3 is 1. The van der Waals surface area contributed by atoms with Crippen molar-refractivity contribution in [3.8, 4) is 0 Å². The first kappa shape index (κ1) is 25.8. The molecule has 0 spiro atoms. The minimum atomic E-state index is -4.55. The summed E-state index contributed by atoms with van der Waals surface area (Å²) in [6.07, 6.45) is 1.98.